The van der Waals surface area contributed by atoms with Gasteiger partial charge in [-0.2, -0.15) is 0 Å². The second kappa shape index (κ2) is 7.96. The van der Waals surface area contributed by atoms with Crippen molar-refractivity contribution in [2.75, 3.05) is 0 Å². The van der Waals surface area contributed by atoms with E-state index in [9.17, 15) is 8.94 Å². The number of nitrogens with zero attached hydrogens (tertiary/aromatic N) is 1. The Labute approximate surface area is 145 Å². The molecule has 0 spiro atoms. The highest BCUT2D eigenvalue weighted by atomic mass is 32.2. The number of hydrogen-bond donors (Lipinski definition) is 1. The van der Waals surface area contributed by atoms with Gasteiger partial charge in [-0.05, 0) is 45.9 Å². The molecule has 0 saturated carbocycles. The Morgan fingerprint density at radius 1 is 1.25 bits per heavy atom. The maximum atomic E-state index is 13.5. The van der Waals surface area contributed by atoms with Crippen LogP contribution in [0.5, 0.6) is 5.75 Å². The summed E-state index contributed by atoms with van der Waals surface area (Å²) in [6.07, 6.45) is 1.59. The number of ether oxygens (including phenoxy) is 1. The molecule has 1 heterocycles. The van der Waals surface area contributed by atoms with Gasteiger partial charge in [-0.15, -0.1) is 4.72 Å². The van der Waals surface area contributed by atoms with E-state index in [0.717, 1.165) is 5.69 Å². The van der Waals surface area contributed by atoms with E-state index >= 15 is 0 Å². The molecule has 6 heteroatoms. The highest BCUT2D eigenvalue weighted by Crippen LogP contribution is 2.20. The van der Waals surface area contributed by atoms with Crippen molar-refractivity contribution in [1.29, 1.82) is 0 Å². The van der Waals surface area contributed by atoms with Crippen molar-refractivity contribution in [1.82, 2.24) is 9.71 Å². The van der Waals surface area contributed by atoms with Crippen LogP contribution in [0.2, 0.25) is 0 Å². The Balaban J connectivity index is 1.94. The number of halogens is 1. The molecule has 0 aliphatic heterocycles. The molecule has 24 heavy (non-hydrogen) atoms. The molecular formula is C18H23FN2O2S. The standard InChI is InChI=1S/C18H23FN2O2S/c1-13(21-24(22)18(2,3)4)17-10-9-15(11-20-17)23-12-14-7-5-6-8-16(14)19/h5-11,13,21H,12H2,1-4H3/t13-,24?/m1/s1. The van der Waals surface area contributed by atoms with Crippen LogP contribution in [-0.4, -0.2) is 14.3 Å². The first kappa shape index (κ1) is 18.7. The molecule has 4 nitrogen and oxygen atoms in total. The molecule has 0 amide bonds. The topological polar surface area (TPSA) is 57.2 Å². The van der Waals surface area contributed by atoms with Crippen LogP contribution < -0.4 is 9.46 Å². The molecule has 0 radical (unpaired) electrons. The smallest absolute Gasteiger partial charge is 0.138 e. The SMILES string of the molecule is C[C@@H](N[S+]([O-])C(C)(C)C)c1ccc(OCc2ccccc2F)cn1. The zero-order chi connectivity index (χ0) is 17.7. The number of nitrogens with one attached hydrogen (secondary N) is 1. The molecule has 1 aromatic carbocycles. The number of hydrogen-bond acceptors (Lipinski definition) is 4. The van der Waals surface area contributed by atoms with Crippen molar-refractivity contribution in [2.24, 2.45) is 0 Å². The molecule has 1 aromatic heterocycles. The summed E-state index contributed by atoms with van der Waals surface area (Å²) >= 11 is -1.17. The van der Waals surface area contributed by atoms with E-state index in [-0.39, 0.29) is 23.2 Å². The average molecular weight is 350 g/mol. The molecule has 130 valence electrons. The Morgan fingerprint density at radius 2 is 1.96 bits per heavy atom. The lowest BCUT2D eigenvalue weighted by molar-refractivity contribution is 0.298. The largest absolute Gasteiger partial charge is 0.598 e. The zero-order valence-electron chi connectivity index (χ0n) is 14.4. The van der Waals surface area contributed by atoms with Crippen molar-refractivity contribution < 1.29 is 13.7 Å². The Hall–Kier alpha value is -1.63. The van der Waals surface area contributed by atoms with Gasteiger partial charge < -0.3 is 9.29 Å². The van der Waals surface area contributed by atoms with Gasteiger partial charge in [0.2, 0.25) is 0 Å². The van der Waals surface area contributed by atoms with E-state index in [1.54, 1.807) is 30.5 Å². The minimum Gasteiger partial charge on any atom is -0.598 e. The Bertz CT molecular complexity index is 659. The molecule has 1 unspecified atom stereocenters. The van der Waals surface area contributed by atoms with Crippen LogP contribution in [0.15, 0.2) is 42.6 Å². The van der Waals surface area contributed by atoms with Crippen LogP contribution in [0.4, 0.5) is 4.39 Å². The summed E-state index contributed by atoms with van der Waals surface area (Å²) < 4.78 is 33.9. The van der Waals surface area contributed by atoms with Gasteiger partial charge in [0.1, 0.15) is 22.9 Å². The Kier molecular flexibility index (Phi) is 6.21. The van der Waals surface area contributed by atoms with Crippen molar-refractivity contribution in [2.45, 2.75) is 45.1 Å². The number of aromatic nitrogens is 1. The van der Waals surface area contributed by atoms with E-state index in [1.165, 1.54) is 6.07 Å². The first-order valence-corrected chi connectivity index (χ1v) is 8.92. The van der Waals surface area contributed by atoms with Gasteiger partial charge in [-0.1, -0.05) is 18.2 Å². The van der Waals surface area contributed by atoms with Gasteiger partial charge >= 0.3 is 0 Å². The van der Waals surface area contributed by atoms with E-state index in [4.69, 9.17) is 4.74 Å². The van der Waals surface area contributed by atoms with Gasteiger partial charge in [-0.3, -0.25) is 4.98 Å². The third kappa shape index (κ3) is 5.19. The van der Waals surface area contributed by atoms with Crippen molar-refractivity contribution in [3.05, 3.63) is 59.7 Å². The summed E-state index contributed by atoms with van der Waals surface area (Å²) in [5.74, 6) is 0.274. The highest BCUT2D eigenvalue weighted by molar-refractivity contribution is 7.90. The van der Waals surface area contributed by atoms with Crippen molar-refractivity contribution in [3.8, 4) is 5.75 Å². The lowest BCUT2D eigenvalue weighted by atomic mass is 10.2. The predicted octanol–water partition coefficient (Wildman–Crippen LogP) is 3.91. The minimum atomic E-state index is -1.17. The van der Waals surface area contributed by atoms with Crippen LogP contribution in [-0.2, 0) is 18.0 Å². The van der Waals surface area contributed by atoms with E-state index in [0.29, 0.717) is 11.3 Å². The molecule has 2 rings (SSSR count). The summed E-state index contributed by atoms with van der Waals surface area (Å²) in [5.41, 5.74) is 1.27. The van der Waals surface area contributed by atoms with Gasteiger partial charge in [0.15, 0.2) is 0 Å². The van der Waals surface area contributed by atoms with Gasteiger partial charge in [0, 0.05) is 16.9 Å². The molecule has 2 aromatic rings. The van der Waals surface area contributed by atoms with Crippen molar-refractivity contribution in [3.63, 3.8) is 0 Å². The molecule has 1 N–H and O–H groups in total. The summed E-state index contributed by atoms with van der Waals surface area (Å²) in [6, 6.07) is 9.95. The fourth-order valence-corrected chi connectivity index (χ4v) is 2.70. The lowest BCUT2D eigenvalue weighted by Crippen LogP contribution is -2.40. The molecule has 0 saturated heterocycles. The predicted molar refractivity (Wildman–Crippen MR) is 94.4 cm³/mol. The second-order valence-corrected chi connectivity index (χ2v) is 8.52. The Morgan fingerprint density at radius 3 is 2.54 bits per heavy atom. The lowest BCUT2D eigenvalue weighted by Gasteiger charge is -2.26. The molecule has 2 atom stereocenters. The summed E-state index contributed by atoms with van der Waals surface area (Å²) in [7, 11) is 0. The van der Waals surface area contributed by atoms with Crippen LogP contribution in [0.3, 0.4) is 0 Å². The van der Waals surface area contributed by atoms with Gasteiger partial charge in [0.25, 0.3) is 0 Å². The van der Waals surface area contributed by atoms with Gasteiger partial charge in [-0.25, -0.2) is 4.39 Å². The maximum Gasteiger partial charge on any atom is 0.138 e. The van der Waals surface area contributed by atoms with Crippen molar-refractivity contribution >= 4 is 11.4 Å². The third-order valence-electron chi connectivity index (χ3n) is 3.40. The summed E-state index contributed by atoms with van der Waals surface area (Å²) in [4.78, 5) is 4.33. The molecular weight excluding hydrogens is 327 g/mol. The quantitative estimate of drug-likeness (QED) is 0.803. The summed E-state index contributed by atoms with van der Waals surface area (Å²) in [6.45, 7) is 7.79. The molecule has 0 fully saturated rings. The first-order valence-electron chi connectivity index (χ1n) is 7.77. The third-order valence-corrected chi connectivity index (χ3v) is 5.08. The summed E-state index contributed by atoms with van der Waals surface area (Å²) in [5, 5.41) is 0. The minimum absolute atomic E-state index is 0.148. The van der Waals surface area contributed by atoms with Crippen LogP contribution in [0.1, 0.15) is 45.0 Å². The van der Waals surface area contributed by atoms with E-state index in [2.05, 4.69) is 9.71 Å². The maximum absolute atomic E-state index is 13.5. The first-order chi connectivity index (χ1) is 11.3. The van der Waals surface area contributed by atoms with Crippen LogP contribution in [0, 0.1) is 5.82 Å². The average Bonchev–Trinajstić information content (AvgIpc) is 2.53. The number of benzene rings is 1. The number of rotatable bonds is 6. The van der Waals surface area contributed by atoms with Crippen LogP contribution >= 0.6 is 0 Å². The monoisotopic (exact) mass is 350 g/mol. The normalized spacial score (nSPS) is 14.2. The molecule has 0 aliphatic carbocycles. The fourth-order valence-electron chi connectivity index (χ4n) is 1.91. The fraction of sp³-hybridized carbons (Fsp3) is 0.389. The number of pyridine rings is 1. The van der Waals surface area contributed by atoms with E-state index in [1.807, 2.05) is 33.8 Å². The van der Waals surface area contributed by atoms with E-state index < -0.39 is 11.4 Å². The highest BCUT2D eigenvalue weighted by Gasteiger charge is 2.28. The van der Waals surface area contributed by atoms with Crippen LogP contribution in [0.25, 0.3) is 0 Å². The molecule has 0 aliphatic rings. The second-order valence-electron chi connectivity index (χ2n) is 6.52. The molecule has 0 bridgehead atoms. The zero-order valence-corrected chi connectivity index (χ0v) is 15.2. The van der Waals surface area contributed by atoms with Gasteiger partial charge in [0.05, 0.1) is 17.9 Å².